The van der Waals surface area contributed by atoms with Crippen molar-refractivity contribution in [3.05, 3.63) is 18.2 Å². The van der Waals surface area contributed by atoms with Crippen molar-refractivity contribution in [1.82, 2.24) is 9.97 Å². The van der Waals surface area contributed by atoms with E-state index < -0.39 is 34.3 Å². The Hall–Kier alpha value is -2.39. The third-order valence-electron chi connectivity index (χ3n) is 5.95. The molecule has 9 heteroatoms. The van der Waals surface area contributed by atoms with Crippen LogP contribution in [0.25, 0.3) is 0 Å². The lowest BCUT2D eigenvalue weighted by Crippen LogP contribution is -2.68. The number of imide groups is 1. The molecule has 3 unspecified atom stereocenters. The van der Waals surface area contributed by atoms with Crippen LogP contribution < -0.4 is 11.5 Å². The molecule has 1 aromatic heterocycles. The second-order valence-electron chi connectivity index (χ2n) is 7.75. The number of amides is 3. The Labute approximate surface area is 157 Å². The molecule has 2 fully saturated rings. The summed E-state index contributed by atoms with van der Waals surface area (Å²) in [6.45, 7) is 2.02. The van der Waals surface area contributed by atoms with Crippen molar-refractivity contribution < 1.29 is 23.7 Å². The van der Waals surface area contributed by atoms with Crippen molar-refractivity contribution in [1.29, 1.82) is 0 Å². The van der Waals surface area contributed by atoms with Crippen LogP contribution in [0.4, 0.5) is 0 Å². The van der Waals surface area contributed by atoms with Gasteiger partial charge in [0.15, 0.2) is 6.04 Å². The van der Waals surface area contributed by atoms with Crippen molar-refractivity contribution in [2.45, 2.75) is 51.1 Å². The number of aromatic amines is 1. The summed E-state index contributed by atoms with van der Waals surface area (Å²) in [6, 6.07) is -1.91. The number of hydrogen-bond donors (Lipinski definition) is 3. The second kappa shape index (κ2) is 7.32. The van der Waals surface area contributed by atoms with E-state index in [0.29, 0.717) is 25.0 Å². The minimum Gasteiger partial charge on any atom is -0.364 e. The number of nitrogens with zero attached hydrogens (tertiary/aromatic N) is 2. The standard InChI is InChI=1S/C18H25N5O4/c1-10-5-12(24)7-13(10)17(26)23(4-2-3-15(23)16(20)25)18(27)14(19)6-11-8-21-9-22-11/h8-10,13-15H,2-7,19H2,1H3,(H2-,20,21,22,25)/p+1/t10?,13?,14-,15-,23?/m0/s1. The molecular weight excluding hydrogens is 350 g/mol. The summed E-state index contributed by atoms with van der Waals surface area (Å²) in [6.07, 6.45) is 4.52. The van der Waals surface area contributed by atoms with Crippen molar-refractivity contribution >= 4 is 23.5 Å². The first kappa shape index (κ1) is 19.4. The van der Waals surface area contributed by atoms with Gasteiger partial charge in [0.2, 0.25) is 0 Å². The molecule has 0 radical (unpaired) electrons. The largest absolute Gasteiger partial charge is 0.364 e. The third kappa shape index (κ3) is 3.32. The van der Waals surface area contributed by atoms with E-state index >= 15 is 0 Å². The van der Waals surface area contributed by atoms with Crippen molar-refractivity contribution in [2.24, 2.45) is 23.3 Å². The van der Waals surface area contributed by atoms with Gasteiger partial charge in [-0.25, -0.2) is 14.6 Å². The van der Waals surface area contributed by atoms with Gasteiger partial charge >= 0.3 is 11.8 Å². The van der Waals surface area contributed by atoms with Gasteiger partial charge in [-0.15, -0.1) is 0 Å². The first-order valence-corrected chi connectivity index (χ1v) is 9.27. The summed E-state index contributed by atoms with van der Waals surface area (Å²) in [5.74, 6) is -2.32. The molecule has 9 nitrogen and oxygen atoms in total. The van der Waals surface area contributed by atoms with Crippen LogP contribution in [0.3, 0.4) is 0 Å². The smallest absolute Gasteiger partial charge is 0.338 e. The summed E-state index contributed by atoms with van der Waals surface area (Å²) < 4.78 is -0.660. The third-order valence-corrected chi connectivity index (χ3v) is 5.95. The lowest BCUT2D eigenvalue weighted by Gasteiger charge is -2.37. The van der Waals surface area contributed by atoms with Crippen LogP contribution in [-0.4, -0.2) is 56.6 Å². The molecule has 27 heavy (non-hydrogen) atoms. The molecule has 1 aliphatic carbocycles. The van der Waals surface area contributed by atoms with Gasteiger partial charge < -0.3 is 16.5 Å². The van der Waals surface area contributed by atoms with E-state index in [1.165, 1.54) is 6.33 Å². The van der Waals surface area contributed by atoms with Gasteiger partial charge in [-0.1, -0.05) is 6.92 Å². The molecule has 1 saturated carbocycles. The normalized spacial score (nSPS) is 31.8. The van der Waals surface area contributed by atoms with Gasteiger partial charge in [0.05, 0.1) is 18.8 Å². The summed E-state index contributed by atoms with van der Waals surface area (Å²) in [7, 11) is 0. The molecule has 2 heterocycles. The number of H-pyrrole nitrogens is 1. The number of nitrogens with two attached hydrogens (primary N) is 2. The molecule has 1 saturated heterocycles. The summed E-state index contributed by atoms with van der Waals surface area (Å²) in [5.41, 5.74) is 12.4. The number of aromatic nitrogens is 2. The van der Waals surface area contributed by atoms with Crippen LogP contribution in [-0.2, 0) is 25.6 Å². The topological polar surface area (TPSA) is 149 Å². The highest BCUT2D eigenvalue weighted by molar-refractivity contribution is 5.96. The average Bonchev–Trinajstić information content (AvgIpc) is 3.33. The molecule has 1 aliphatic heterocycles. The maximum Gasteiger partial charge on any atom is 0.338 e. The number of imidazole rings is 1. The van der Waals surface area contributed by atoms with Crippen LogP contribution in [0.5, 0.6) is 0 Å². The zero-order chi connectivity index (χ0) is 19.8. The van der Waals surface area contributed by atoms with Gasteiger partial charge in [0.25, 0.3) is 5.91 Å². The van der Waals surface area contributed by atoms with Crippen LogP contribution in [0.15, 0.2) is 12.5 Å². The number of nitrogens with one attached hydrogen (secondary N) is 1. The van der Waals surface area contributed by atoms with E-state index in [9.17, 15) is 19.2 Å². The SMILES string of the molecule is CC1CC(=O)CC1C(=O)[N+]1(C(=O)[C@@H](N)Cc2cnc[nH]2)CCC[C@H]1C(N)=O. The molecule has 2 aliphatic rings. The van der Waals surface area contributed by atoms with E-state index in [1.54, 1.807) is 6.20 Å². The maximum atomic E-state index is 13.5. The zero-order valence-electron chi connectivity index (χ0n) is 15.4. The number of Topliss-reactive ketones (excluding diaryl/α,β-unsaturated/α-hetero) is 1. The van der Waals surface area contributed by atoms with E-state index in [-0.39, 0.29) is 37.0 Å². The Morgan fingerprint density at radius 1 is 1.37 bits per heavy atom. The molecule has 0 aromatic carbocycles. The summed E-state index contributed by atoms with van der Waals surface area (Å²) in [5, 5.41) is 0. The van der Waals surface area contributed by atoms with Crippen LogP contribution in [0.1, 0.15) is 38.3 Å². The predicted octanol–water partition coefficient (Wildman–Crippen LogP) is -0.588. The van der Waals surface area contributed by atoms with Gasteiger partial charge in [0.1, 0.15) is 11.8 Å². The van der Waals surface area contributed by atoms with E-state index in [4.69, 9.17) is 11.5 Å². The van der Waals surface area contributed by atoms with E-state index in [0.717, 1.165) is 0 Å². The van der Waals surface area contributed by atoms with Crippen molar-refractivity contribution in [3.8, 4) is 0 Å². The number of quaternary nitrogens is 1. The number of carbonyl (C=O) groups is 4. The molecule has 0 spiro atoms. The monoisotopic (exact) mass is 376 g/mol. The van der Waals surface area contributed by atoms with Crippen LogP contribution in [0.2, 0.25) is 0 Å². The Morgan fingerprint density at radius 3 is 2.67 bits per heavy atom. The van der Waals surface area contributed by atoms with Crippen molar-refractivity contribution in [3.63, 3.8) is 0 Å². The van der Waals surface area contributed by atoms with Crippen LogP contribution in [0, 0.1) is 11.8 Å². The van der Waals surface area contributed by atoms with Gasteiger partial charge in [-0.3, -0.25) is 9.59 Å². The van der Waals surface area contributed by atoms with E-state index in [1.807, 2.05) is 6.92 Å². The highest BCUT2D eigenvalue weighted by Gasteiger charge is 2.60. The molecule has 1 aromatic rings. The number of likely N-dealkylation sites (tertiary alicyclic amines) is 1. The maximum absolute atomic E-state index is 13.5. The minimum atomic E-state index is -0.984. The molecular formula is C18H26N5O4+. The Bertz CT molecular complexity index is 762. The predicted molar refractivity (Wildman–Crippen MR) is 94.5 cm³/mol. The summed E-state index contributed by atoms with van der Waals surface area (Å²) >= 11 is 0. The fourth-order valence-corrected chi connectivity index (χ4v) is 4.58. The second-order valence-corrected chi connectivity index (χ2v) is 7.75. The lowest BCUT2D eigenvalue weighted by atomic mass is 9.93. The molecule has 146 valence electrons. The highest BCUT2D eigenvalue weighted by Crippen LogP contribution is 2.38. The summed E-state index contributed by atoms with van der Waals surface area (Å²) in [4.78, 5) is 57.6. The number of hydrogen-bond acceptors (Lipinski definition) is 6. The quantitative estimate of drug-likeness (QED) is 0.585. The number of ketones is 1. The fraction of sp³-hybridized carbons (Fsp3) is 0.611. The van der Waals surface area contributed by atoms with E-state index in [2.05, 4.69) is 9.97 Å². The number of carbonyl (C=O) groups excluding carboxylic acids is 4. The molecule has 5 N–H and O–H groups in total. The van der Waals surface area contributed by atoms with Gasteiger partial charge in [0, 0.05) is 44.0 Å². The lowest BCUT2D eigenvalue weighted by molar-refractivity contribution is -0.784. The first-order valence-electron chi connectivity index (χ1n) is 9.27. The first-order chi connectivity index (χ1) is 12.8. The molecule has 3 amide bonds. The molecule has 0 bridgehead atoms. The van der Waals surface area contributed by atoms with Gasteiger partial charge in [-0.2, -0.15) is 4.48 Å². The van der Waals surface area contributed by atoms with Crippen molar-refractivity contribution in [2.75, 3.05) is 6.54 Å². The number of rotatable bonds is 5. The van der Waals surface area contributed by atoms with Crippen LogP contribution >= 0.6 is 0 Å². The highest BCUT2D eigenvalue weighted by atomic mass is 16.2. The Kier molecular flexibility index (Phi) is 5.25. The number of primary amides is 1. The fourth-order valence-electron chi connectivity index (χ4n) is 4.58. The van der Waals surface area contributed by atoms with Gasteiger partial charge in [-0.05, 0) is 5.92 Å². The molecule has 5 atom stereocenters. The average molecular weight is 376 g/mol. The Morgan fingerprint density at radius 2 is 2.11 bits per heavy atom. The minimum absolute atomic E-state index is 0.00280. The Balaban J connectivity index is 1.95. The zero-order valence-corrected chi connectivity index (χ0v) is 15.4. The molecule has 3 rings (SSSR count).